The number of aliphatic imine (C=N–C) groups is 1. The van der Waals surface area contributed by atoms with E-state index in [1.54, 1.807) is 23.9 Å². The van der Waals surface area contributed by atoms with Crippen LogP contribution in [0.25, 0.3) is 0 Å². The number of hydrogen-bond acceptors (Lipinski definition) is 4. The van der Waals surface area contributed by atoms with E-state index in [-0.39, 0.29) is 5.82 Å². The van der Waals surface area contributed by atoms with E-state index in [2.05, 4.69) is 16.8 Å². The molecule has 0 bridgehead atoms. The molecule has 0 amide bonds. The van der Waals surface area contributed by atoms with Gasteiger partial charge in [0, 0.05) is 17.1 Å². The van der Waals surface area contributed by atoms with Gasteiger partial charge in [-0.1, -0.05) is 11.8 Å². The number of rotatable bonds is 4. The van der Waals surface area contributed by atoms with Gasteiger partial charge in [-0.3, -0.25) is 0 Å². The number of thioether (sulfide) groups is 1. The molecule has 0 saturated heterocycles. The number of fused-ring (bicyclic) bond motifs is 1. The predicted octanol–water partition coefficient (Wildman–Crippen LogP) is 3.98. The Hall–Kier alpha value is -1.46. The summed E-state index contributed by atoms with van der Waals surface area (Å²) in [7, 11) is 0. The Bertz CT molecular complexity index is 640. The van der Waals surface area contributed by atoms with Gasteiger partial charge < -0.3 is 9.64 Å². The average molecular weight is 325 g/mol. The second-order valence-corrected chi connectivity index (χ2v) is 6.13. The highest BCUT2D eigenvalue weighted by Gasteiger charge is 2.28. The molecule has 2 aliphatic heterocycles. The number of amidine groups is 1. The summed E-state index contributed by atoms with van der Waals surface area (Å²) in [6.45, 7) is 3.18. The molecule has 0 N–H and O–H groups in total. The quantitative estimate of drug-likeness (QED) is 0.783. The maximum atomic E-state index is 12.8. The molecule has 0 spiro atoms. The second kappa shape index (κ2) is 6.12. The van der Waals surface area contributed by atoms with Crippen molar-refractivity contribution in [2.24, 2.45) is 4.99 Å². The molecule has 0 aliphatic carbocycles. The molecule has 2 heterocycles. The van der Waals surface area contributed by atoms with Crippen molar-refractivity contribution in [1.82, 2.24) is 4.90 Å². The van der Waals surface area contributed by atoms with E-state index in [0.717, 1.165) is 23.1 Å². The number of ether oxygens (including phenoxy) is 1. The maximum absolute atomic E-state index is 12.8. The lowest BCUT2D eigenvalue weighted by Gasteiger charge is -2.23. The van der Waals surface area contributed by atoms with Crippen LogP contribution in [0.5, 0.6) is 5.75 Å². The lowest BCUT2D eigenvalue weighted by molar-refractivity contribution is 0.347. The Morgan fingerprint density at radius 3 is 2.86 bits per heavy atom. The number of halogens is 2. The fourth-order valence-corrected chi connectivity index (χ4v) is 3.59. The van der Waals surface area contributed by atoms with Gasteiger partial charge in [0.25, 0.3) is 0 Å². The number of allylic oxidation sites excluding steroid dienone is 2. The molecule has 3 nitrogen and oxygen atoms in total. The van der Waals surface area contributed by atoms with Gasteiger partial charge in [-0.15, -0.1) is 11.6 Å². The van der Waals surface area contributed by atoms with Crippen LogP contribution in [0.1, 0.15) is 6.92 Å². The Balaban J connectivity index is 1.64. The normalized spacial score (nSPS) is 17.6. The van der Waals surface area contributed by atoms with Crippen molar-refractivity contribution in [3.63, 3.8) is 0 Å². The van der Waals surface area contributed by atoms with Gasteiger partial charge >= 0.3 is 0 Å². The predicted molar refractivity (Wildman–Crippen MR) is 85.1 cm³/mol. The topological polar surface area (TPSA) is 24.8 Å². The zero-order valence-corrected chi connectivity index (χ0v) is 13.0. The van der Waals surface area contributed by atoms with E-state index in [1.165, 1.54) is 17.0 Å². The summed E-state index contributed by atoms with van der Waals surface area (Å²) in [6.07, 6.45) is 2.03. The molecule has 0 unspecified atom stereocenters. The van der Waals surface area contributed by atoms with E-state index in [4.69, 9.17) is 16.3 Å². The third-order valence-electron chi connectivity index (χ3n) is 3.28. The molecule has 0 atom stereocenters. The summed E-state index contributed by atoms with van der Waals surface area (Å²) in [6, 6.07) is 5.98. The maximum Gasteiger partial charge on any atom is 0.173 e. The van der Waals surface area contributed by atoms with Crippen molar-refractivity contribution >= 4 is 28.5 Å². The molecule has 3 rings (SSSR count). The van der Waals surface area contributed by atoms with Crippen LogP contribution in [-0.4, -0.2) is 29.1 Å². The van der Waals surface area contributed by atoms with Crippen LogP contribution >= 0.6 is 23.4 Å². The standard InChI is InChI=1S/C15H14ClFN2OS/c1-10-14(8-16)19-7-6-12(18-15(19)21-10)9-20-13-4-2-11(17)3-5-13/h2-6H,7-9H2,1H3. The highest BCUT2D eigenvalue weighted by molar-refractivity contribution is 8.17. The first-order valence-electron chi connectivity index (χ1n) is 6.54. The average Bonchev–Trinajstić information content (AvgIpc) is 2.81. The van der Waals surface area contributed by atoms with Crippen LogP contribution in [0.3, 0.4) is 0 Å². The fraction of sp³-hybridized carbons (Fsp3) is 0.267. The highest BCUT2D eigenvalue weighted by atomic mass is 35.5. The van der Waals surface area contributed by atoms with E-state index in [1.807, 2.05) is 6.08 Å². The minimum Gasteiger partial charge on any atom is -0.487 e. The molecule has 21 heavy (non-hydrogen) atoms. The van der Waals surface area contributed by atoms with Crippen molar-refractivity contribution in [2.75, 3.05) is 19.0 Å². The van der Waals surface area contributed by atoms with Gasteiger partial charge in [0.1, 0.15) is 18.2 Å². The van der Waals surface area contributed by atoms with E-state index >= 15 is 0 Å². The third-order valence-corrected chi connectivity index (χ3v) is 4.57. The number of benzene rings is 1. The highest BCUT2D eigenvalue weighted by Crippen LogP contribution is 2.36. The summed E-state index contributed by atoms with van der Waals surface area (Å²) >= 11 is 7.60. The van der Waals surface area contributed by atoms with Gasteiger partial charge in [-0.05, 0) is 37.3 Å². The molecule has 2 aliphatic rings. The summed E-state index contributed by atoms with van der Waals surface area (Å²) in [4.78, 5) is 7.90. The SMILES string of the molecule is CC1=C(CCl)N2CC=C(COc3ccc(F)cc3)N=C2S1. The number of nitrogens with zero attached hydrogens (tertiary/aromatic N) is 2. The molecular weight excluding hydrogens is 311 g/mol. The van der Waals surface area contributed by atoms with Gasteiger partial charge in [0.15, 0.2) is 5.17 Å². The van der Waals surface area contributed by atoms with Gasteiger partial charge in [0.05, 0.1) is 11.6 Å². The Kier molecular flexibility index (Phi) is 4.22. The van der Waals surface area contributed by atoms with Gasteiger partial charge in [-0.2, -0.15) is 0 Å². The second-order valence-electron chi connectivity index (χ2n) is 4.68. The first-order chi connectivity index (χ1) is 10.2. The zero-order chi connectivity index (χ0) is 14.8. The summed E-state index contributed by atoms with van der Waals surface area (Å²) in [5.74, 6) is 0.856. The minimum atomic E-state index is -0.271. The zero-order valence-electron chi connectivity index (χ0n) is 11.5. The molecular formula is C15H14ClFN2OS. The molecule has 0 radical (unpaired) electrons. The summed E-state index contributed by atoms with van der Waals surface area (Å²) in [5, 5.41) is 0.948. The molecule has 0 saturated carbocycles. The van der Waals surface area contributed by atoms with Crippen LogP contribution in [0, 0.1) is 5.82 Å². The number of alkyl halides is 1. The monoisotopic (exact) mass is 324 g/mol. The van der Waals surface area contributed by atoms with Crippen molar-refractivity contribution in [3.8, 4) is 5.75 Å². The molecule has 6 heteroatoms. The first-order valence-corrected chi connectivity index (χ1v) is 7.89. The summed E-state index contributed by atoms with van der Waals surface area (Å²) < 4.78 is 18.4. The lowest BCUT2D eigenvalue weighted by Crippen LogP contribution is -2.28. The minimum absolute atomic E-state index is 0.271. The third kappa shape index (κ3) is 3.09. The van der Waals surface area contributed by atoms with Gasteiger partial charge in [-0.25, -0.2) is 9.38 Å². The Morgan fingerprint density at radius 2 is 2.14 bits per heavy atom. The van der Waals surface area contributed by atoms with Crippen molar-refractivity contribution < 1.29 is 9.13 Å². The van der Waals surface area contributed by atoms with E-state index < -0.39 is 0 Å². The first kappa shape index (κ1) is 14.5. The van der Waals surface area contributed by atoms with Crippen LogP contribution < -0.4 is 4.74 Å². The summed E-state index contributed by atoms with van der Waals surface area (Å²) in [5.41, 5.74) is 2.00. The van der Waals surface area contributed by atoms with Crippen LogP contribution in [0.15, 0.2) is 51.6 Å². The fourth-order valence-electron chi connectivity index (χ4n) is 2.14. The van der Waals surface area contributed by atoms with Crippen molar-refractivity contribution in [1.29, 1.82) is 0 Å². The van der Waals surface area contributed by atoms with Crippen LogP contribution in [0.4, 0.5) is 4.39 Å². The van der Waals surface area contributed by atoms with E-state index in [9.17, 15) is 4.39 Å². The molecule has 1 aromatic rings. The Morgan fingerprint density at radius 1 is 1.38 bits per heavy atom. The lowest BCUT2D eigenvalue weighted by atomic mass is 10.3. The molecule has 0 fully saturated rings. The molecule has 1 aromatic carbocycles. The Labute approximate surface area is 132 Å². The smallest absolute Gasteiger partial charge is 0.173 e. The number of hydrogen-bond donors (Lipinski definition) is 0. The van der Waals surface area contributed by atoms with Crippen molar-refractivity contribution in [3.05, 3.63) is 52.5 Å². The van der Waals surface area contributed by atoms with E-state index in [0.29, 0.717) is 18.2 Å². The molecule has 0 aromatic heterocycles. The van der Waals surface area contributed by atoms with Crippen molar-refractivity contribution in [2.45, 2.75) is 6.92 Å². The van der Waals surface area contributed by atoms with Crippen LogP contribution in [0.2, 0.25) is 0 Å². The van der Waals surface area contributed by atoms with Crippen LogP contribution in [-0.2, 0) is 0 Å². The largest absolute Gasteiger partial charge is 0.487 e. The van der Waals surface area contributed by atoms with Gasteiger partial charge in [0.2, 0.25) is 0 Å². The molecule has 110 valence electrons.